The van der Waals surface area contributed by atoms with Crippen molar-refractivity contribution in [3.63, 3.8) is 0 Å². The second kappa shape index (κ2) is 23.3. The highest BCUT2D eigenvalue weighted by Crippen LogP contribution is 2.30. The molecule has 0 heterocycles. The quantitative estimate of drug-likeness (QED) is 0.0527. The van der Waals surface area contributed by atoms with E-state index in [0.717, 1.165) is 22.3 Å². The highest BCUT2D eigenvalue weighted by molar-refractivity contribution is 7.90. The molecule has 0 aromatic heterocycles. The van der Waals surface area contributed by atoms with Gasteiger partial charge >= 0.3 is 0 Å². The molecule has 374 valence electrons. The Morgan fingerprint density at radius 3 is 0.809 bits per heavy atom. The van der Waals surface area contributed by atoms with Crippen molar-refractivity contribution in [3.8, 4) is 0 Å². The van der Waals surface area contributed by atoms with Gasteiger partial charge in [-0.05, 0) is 140 Å². The van der Waals surface area contributed by atoms with Gasteiger partial charge in [0.05, 0.1) is 19.6 Å². The Labute approximate surface area is 410 Å². The number of benzene rings is 4. The maximum absolute atomic E-state index is 14.6. The number of nitrogens with zero attached hydrogens (tertiary/aromatic N) is 4. The summed E-state index contributed by atoms with van der Waals surface area (Å²) in [6, 6.07) is 14.7. The summed E-state index contributed by atoms with van der Waals surface area (Å²) < 4.78 is 119. The van der Waals surface area contributed by atoms with E-state index in [1.165, 1.54) is 17.2 Å². The average Bonchev–Trinajstić information content (AvgIpc) is 3.18. The summed E-state index contributed by atoms with van der Waals surface area (Å²) in [5.41, 5.74) is 8.87. The molecule has 4 aromatic rings. The monoisotopic (exact) mass is 1010 g/mol. The minimum atomic E-state index is -4.11. The van der Waals surface area contributed by atoms with Gasteiger partial charge in [0, 0.05) is 52.4 Å². The van der Waals surface area contributed by atoms with Crippen molar-refractivity contribution >= 4 is 40.1 Å². The Balaban J connectivity index is 1.64. The molecule has 0 aliphatic heterocycles. The molecular formula is C52H74N4O8S4. The third-order valence-corrected chi connectivity index (χ3v) is 21.0. The maximum atomic E-state index is 14.6. The molecule has 68 heavy (non-hydrogen) atoms. The van der Waals surface area contributed by atoms with Crippen LogP contribution in [0, 0.1) is 83.1 Å². The largest absolute Gasteiger partial charge is 0.244 e. The van der Waals surface area contributed by atoms with E-state index in [4.69, 9.17) is 0 Å². The SMILES string of the molecule is CCN(C/C=C\CN(C/C=C\CN(CCCCN(CC)S(=O)(=O)c1c(C)cc(C)cc1C)S(=O)(=O)c1c(C)cc(C)cc1C)S(=O)(=O)c1c(C)cc(C)cc1C)S(=O)(=O)c1c(C)cc(C)cc1C. The lowest BCUT2D eigenvalue weighted by molar-refractivity contribution is 0.387. The smallest absolute Gasteiger partial charge is 0.207 e. The van der Waals surface area contributed by atoms with Crippen LogP contribution in [0.4, 0.5) is 0 Å². The molecule has 0 unspecified atom stereocenters. The van der Waals surface area contributed by atoms with E-state index >= 15 is 0 Å². The molecule has 0 fully saturated rings. The van der Waals surface area contributed by atoms with Gasteiger partial charge in [0.25, 0.3) is 0 Å². The molecule has 0 saturated heterocycles. The number of sulfonamides is 4. The van der Waals surface area contributed by atoms with Crippen molar-refractivity contribution in [1.82, 2.24) is 17.2 Å². The zero-order valence-corrected chi connectivity index (χ0v) is 46.0. The lowest BCUT2D eigenvalue weighted by Gasteiger charge is -2.25. The molecule has 0 spiro atoms. The lowest BCUT2D eigenvalue weighted by Crippen LogP contribution is -2.35. The van der Waals surface area contributed by atoms with Crippen molar-refractivity contribution in [2.24, 2.45) is 0 Å². The Morgan fingerprint density at radius 1 is 0.324 bits per heavy atom. The zero-order chi connectivity index (χ0) is 51.1. The number of unbranched alkanes of at least 4 members (excludes halogenated alkanes) is 1. The van der Waals surface area contributed by atoms with E-state index in [-0.39, 0.29) is 67.0 Å². The van der Waals surface area contributed by atoms with Gasteiger partial charge in [-0.1, -0.05) is 109 Å². The topological polar surface area (TPSA) is 150 Å². The Hall–Kier alpha value is -4.00. The van der Waals surface area contributed by atoms with E-state index < -0.39 is 40.1 Å². The van der Waals surface area contributed by atoms with Crippen LogP contribution in [0.25, 0.3) is 0 Å². The molecule has 0 atom stereocenters. The molecule has 16 heteroatoms. The molecule has 0 bridgehead atoms. The van der Waals surface area contributed by atoms with Crippen molar-refractivity contribution < 1.29 is 33.7 Å². The molecule has 0 radical (unpaired) electrons. The molecule has 0 aliphatic rings. The number of hydrogen-bond donors (Lipinski definition) is 0. The third-order valence-electron chi connectivity index (χ3n) is 12.2. The fraction of sp³-hybridized carbons (Fsp3) is 0.462. The summed E-state index contributed by atoms with van der Waals surface area (Å²) in [6.45, 7) is 25.9. The summed E-state index contributed by atoms with van der Waals surface area (Å²) in [4.78, 5) is 0.942. The zero-order valence-electron chi connectivity index (χ0n) is 42.7. The molecular weight excluding hydrogens is 937 g/mol. The van der Waals surface area contributed by atoms with Gasteiger partial charge < -0.3 is 0 Å². The minimum Gasteiger partial charge on any atom is -0.207 e. The molecule has 4 rings (SSSR count). The van der Waals surface area contributed by atoms with Crippen molar-refractivity contribution in [3.05, 3.63) is 140 Å². The maximum Gasteiger partial charge on any atom is 0.244 e. The third kappa shape index (κ3) is 13.0. The van der Waals surface area contributed by atoms with Crippen LogP contribution in [-0.4, -0.2) is 103 Å². The van der Waals surface area contributed by atoms with Gasteiger partial charge in [0.15, 0.2) is 0 Å². The van der Waals surface area contributed by atoms with E-state index in [2.05, 4.69) is 0 Å². The van der Waals surface area contributed by atoms with Crippen LogP contribution in [0.15, 0.2) is 92.4 Å². The molecule has 0 N–H and O–H groups in total. The van der Waals surface area contributed by atoms with Gasteiger partial charge in [0.2, 0.25) is 40.1 Å². The summed E-state index contributed by atoms with van der Waals surface area (Å²) >= 11 is 0. The summed E-state index contributed by atoms with van der Waals surface area (Å²) in [7, 11) is -15.9. The Bertz CT molecular complexity index is 2910. The lowest BCUT2D eigenvalue weighted by atomic mass is 10.1. The second-order valence-electron chi connectivity index (χ2n) is 18.2. The number of likely N-dealkylation sites (N-methyl/N-ethyl adjacent to an activating group) is 1. The fourth-order valence-electron chi connectivity index (χ4n) is 9.58. The Kier molecular flexibility index (Phi) is 19.4. The van der Waals surface area contributed by atoms with Gasteiger partial charge in [0.1, 0.15) is 0 Å². The van der Waals surface area contributed by atoms with Crippen LogP contribution in [0.3, 0.4) is 0 Å². The first kappa shape index (κ1) is 56.6. The van der Waals surface area contributed by atoms with Gasteiger partial charge in [-0.2, -0.15) is 17.2 Å². The molecule has 0 amide bonds. The van der Waals surface area contributed by atoms with E-state index in [9.17, 15) is 33.7 Å². The summed E-state index contributed by atoms with van der Waals surface area (Å²) in [6.07, 6.45) is 7.37. The molecule has 0 aliphatic carbocycles. The van der Waals surface area contributed by atoms with Crippen molar-refractivity contribution in [1.29, 1.82) is 0 Å². The predicted molar refractivity (Wildman–Crippen MR) is 277 cm³/mol. The minimum absolute atomic E-state index is 0.0236. The number of rotatable bonds is 23. The van der Waals surface area contributed by atoms with Crippen molar-refractivity contribution in [2.75, 3.05) is 52.4 Å². The molecule has 12 nitrogen and oxygen atoms in total. The highest BCUT2D eigenvalue weighted by atomic mass is 32.2. The van der Waals surface area contributed by atoms with Gasteiger partial charge in [-0.3, -0.25) is 0 Å². The predicted octanol–water partition coefficient (Wildman–Crippen LogP) is 9.38. The standard InChI is InChI=1S/C52H74N4O8S4/c1-15-53(65(57,58)49-41(7)29-37(3)30-42(49)8)23-17-19-25-55(67(61,62)51-45(11)33-39(5)34-46(51)12)27-21-22-28-56(68(63,64)52-47(13)35-40(6)36-48(52)14)26-20-18-24-54(16-2)66(59,60)50-43(9)31-38(4)32-44(50)10/h17,19,21-22,29-36H,15-16,18,20,23-28H2,1-14H3/b19-17-,22-21-. The van der Waals surface area contributed by atoms with Crippen LogP contribution in [-0.2, 0) is 40.1 Å². The second-order valence-corrected chi connectivity index (χ2v) is 25.7. The first-order chi connectivity index (χ1) is 31.6. The summed E-state index contributed by atoms with van der Waals surface area (Å²) in [5, 5.41) is 0. The van der Waals surface area contributed by atoms with E-state index in [1.54, 1.807) is 93.5 Å². The molecule has 4 aromatic carbocycles. The fourth-order valence-corrected chi connectivity index (χ4v) is 16.9. The average molecular weight is 1010 g/mol. The van der Waals surface area contributed by atoms with Crippen molar-refractivity contribution in [2.45, 2.75) is 129 Å². The van der Waals surface area contributed by atoms with Crippen LogP contribution in [0.1, 0.15) is 93.5 Å². The molecule has 0 saturated carbocycles. The van der Waals surface area contributed by atoms with Gasteiger partial charge in [-0.25, -0.2) is 33.7 Å². The normalized spacial score (nSPS) is 13.1. The van der Waals surface area contributed by atoms with Crippen LogP contribution in [0.2, 0.25) is 0 Å². The van der Waals surface area contributed by atoms with Crippen LogP contribution in [0.5, 0.6) is 0 Å². The van der Waals surface area contributed by atoms with E-state index in [1.807, 2.05) is 76.2 Å². The number of hydrogen-bond acceptors (Lipinski definition) is 8. The van der Waals surface area contributed by atoms with Gasteiger partial charge in [-0.15, -0.1) is 0 Å². The number of aryl methyl sites for hydroxylation is 12. The van der Waals surface area contributed by atoms with Crippen LogP contribution >= 0.6 is 0 Å². The Morgan fingerprint density at radius 2 is 0.529 bits per heavy atom. The highest BCUT2D eigenvalue weighted by Gasteiger charge is 2.31. The summed E-state index contributed by atoms with van der Waals surface area (Å²) in [5.74, 6) is 0. The van der Waals surface area contributed by atoms with Crippen LogP contribution < -0.4 is 0 Å². The first-order valence-electron chi connectivity index (χ1n) is 23.2. The van der Waals surface area contributed by atoms with E-state index in [0.29, 0.717) is 62.2 Å². The first-order valence-corrected chi connectivity index (χ1v) is 29.0.